The minimum atomic E-state index is -0.383. The van der Waals surface area contributed by atoms with Gasteiger partial charge in [0.25, 0.3) is 5.91 Å². The summed E-state index contributed by atoms with van der Waals surface area (Å²) >= 11 is 0. The molecule has 0 radical (unpaired) electrons. The minimum absolute atomic E-state index is 0.261. The van der Waals surface area contributed by atoms with E-state index in [4.69, 9.17) is 9.26 Å². The molecule has 114 valence electrons. The molecule has 0 spiro atoms. The van der Waals surface area contributed by atoms with Crippen LogP contribution in [0.4, 0.5) is 5.69 Å². The summed E-state index contributed by atoms with van der Waals surface area (Å²) in [4.78, 5) is 23.6. The van der Waals surface area contributed by atoms with E-state index in [9.17, 15) is 9.59 Å². The smallest absolute Gasteiger partial charge is 0.338 e. The van der Waals surface area contributed by atoms with Crippen LogP contribution >= 0.6 is 0 Å². The number of amides is 1. The summed E-state index contributed by atoms with van der Waals surface area (Å²) in [5.74, 6) is 0.464. The number of rotatable bonds is 5. The Bertz CT molecular complexity index is 686. The predicted octanol–water partition coefficient (Wildman–Crippen LogP) is 2.98. The number of carbonyl (C=O) groups is 2. The van der Waals surface area contributed by atoms with Gasteiger partial charge in [0.05, 0.1) is 12.2 Å². The third-order valence-electron chi connectivity index (χ3n) is 3.39. The van der Waals surface area contributed by atoms with Gasteiger partial charge in [-0.25, -0.2) is 4.79 Å². The molecule has 0 atom stereocenters. The normalized spacial score (nSPS) is 13.7. The van der Waals surface area contributed by atoms with E-state index in [0.29, 0.717) is 23.8 Å². The Morgan fingerprint density at radius 1 is 1.32 bits per heavy atom. The summed E-state index contributed by atoms with van der Waals surface area (Å²) < 4.78 is 10.1. The highest BCUT2D eigenvalue weighted by Gasteiger charge is 2.28. The predicted molar refractivity (Wildman–Crippen MR) is 78.8 cm³/mol. The molecule has 1 aliphatic rings. The molecule has 0 aliphatic heterocycles. The van der Waals surface area contributed by atoms with Crippen LogP contribution in [-0.2, 0) is 4.74 Å². The van der Waals surface area contributed by atoms with Gasteiger partial charge in [-0.3, -0.25) is 4.79 Å². The fraction of sp³-hybridized carbons (Fsp3) is 0.312. The van der Waals surface area contributed by atoms with Gasteiger partial charge >= 0.3 is 5.97 Å². The molecule has 22 heavy (non-hydrogen) atoms. The number of hydrogen-bond acceptors (Lipinski definition) is 5. The van der Waals surface area contributed by atoms with Crippen LogP contribution in [0.3, 0.4) is 0 Å². The van der Waals surface area contributed by atoms with E-state index in [0.717, 1.165) is 18.6 Å². The number of hydrogen-bond donors (Lipinski definition) is 1. The van der Waals surface area contributed by atoms with E-state index < -0.39 is 0 Å². The quantitative estimate of drug-likeness (QED) is 0.858. The first-order valence-electron chi connectivity index (χ1n) is 7.22. The Labute approximate surface area is 127 Å². The summed E-state index contributed by atoms with van der Waals surface area (Å²) in [6, 6.07) is 8.18. The lowest BCUT2D eigenvalue weighted by Gasteiger charge is -2.04. The number of anilines is 1. The number of esters is 1. The third kappa shape index (κ3) is 3.16. The van der Waals surface area contributed by atoms with E-state index in [-0.39, 0.29) is 17.6 Å². The second kappa shape index (κ2) is 6.01. The van der Waals surface area contributed by atoms with Crippen molar-refractivity contribution in [2.75, 3.05) is 11.9 Å². The zero-order chi connectivity index (χ0) is 15.5. The zero-order valence-corrected chi connectivity index (χ0v) is 12.2. The maximum atomic E-state index is 12.1. The lowest BCUT2D eigenvalue weighted by atomic mass is 10.2. The molecule has 1 aromatic heterocycles. The van der Waals surface area contributed by atoms with Crippen LogP contribution in [0.5, 0.6) is 0 Å². The van der Waals surface area contributed by atoms with Crippen LogP contribution in [-0.4, -0.2) is 23.6 Å². The number of nitrogens with zero attached hydrogens (tertiary/aromatic N) is 1. The lowest BCUT2D eigenvalue weighted by Crippen LogP contribution is -2.12. The molecule has 1 saturated carbocycles. The highest BCUT2D eigenvalue weighted by Crippen LogP contribution is 2.40. The molecular formula is C16H16N2O4. The summed E-state index contributed by atoms with van der Waals surface area (Å²) in [6.45, 7) is 2.08. The van der Waals surface area contributed by atoms with Crippen molar-refractivity contribution in [1.29, 1.82) is 0 Å². The van der Waals surface area contributed by atoms with Gasteiger partial charge in [-0.05, 0) is 44.0 Å². The Kier molecular flexibility index (Phi) is 3.91. The Morgan fingerprint density at radius 3 is 2.68 bits per heavy atom. The molecular weight excluding hydrogens is 284 g/mol. The van der Waals surface area contributed by atoms with Crippen LogP contribution in [0.15, 0.2) is 34.9 Å². The van der Waals surface area contributed by atoms with Crippen molar-refractivity contribution in [3.63, 3.8) is 0 Å². The van der Waals surface area contributed by atoms with Crippen LogP contribution in [0.25, 0.3) is 0 Å². The SMILES string of the molecule is CCOC(=O)c1ccc(NC(=O)c2cc(C3CC3)on2)cc1. The number of benzene rings is 1. The van der Waals surface area contributed by atoms with E-state index in [1.54, 1.807) is 37.3 Å². The van der Waals surface area contributed by atoms with Gasteiger partial charge in [-0.2, -0.15) is 0 Å². The first-order valence-corrected chi connectivity index (χ1v) is 7.22. The Balaban J connectivity index is 1.64. The molecule has 1 N–H and O–H groups in total. The van der Waals surface area contributed by atoms with Gasteiger partial charge in [-0.15, -0.1) is 0 Å². The van der Waals surface area contributed by atoms with Crippen molar-refractivity contribution in [1.82, 2.24) is 5.16 Å². The highest BCUT2D eigenvalue weighted by molar-refractivity contribution is 6.03. The van der Waals surface area contributed by atoms with Gasteiger partial charge in [0.15, 0.2) is 5.69 Å². The Hall–Kier alpha value is -2.63. The molecule has 0 bridgehead atoms. The van der Waals surface area contributed by atoms with Gasteiger partial charge in [0.2, 0.25) is 0 Å². The van der Waals surface area contributed by atoms with Crippen LogP contribution in [0.2, 0.25) is 0 Å². The number of nitrogens with one attached hydrogen (secondary N) is 1. The maximum absolute atomic E-state index is 12.1. The van der Waals surface area contributed by atoms with Crippen molar-refractivity contribution in [2.45, 2.75) is 25.7 Å². The van der Waals surface area contributed by atoms with Gasteiger partial charge in [-0.1, -0.05) is 5.16 Å². The van der Waals surface area contributed by atoms with Gasteiger partial charge < -0.3 is 14.6 Å². The summed E-state index contributed by atoms with van der Waals surface area (Å²) in [5, 5.41) is 6.50. The first kappa shape index (κ1) is 14.3. The second-order valence-corrected chi connectivity index (χ2v) is 5.14. The monoisotopic (exact) mass is 300 g/mol. The maximum Gasteiger partial charge on any atom is 0.338 e. The molecule has 3 rings (SSSR count). The standard InChI is InChI=1S/C16H16N2O4/c1-2-21-16(20)11-5-7-12(8-6-11)17-15(19)13-9-14(22-18-13)10-3-4-10/h5-10H,2-4H2,1H3,(H,17,19). The van der Waals surface area contributed by atoms with Crippen LogP contribution in [0, 0.1) is 0 Å². The van der Waals surface area contributed by atoms with Gasteiger partial charge in [0, 0.05) is 17.7 Å². The summed E-state index contributed by atoms with van der Waals surface area (Å²) in [5.41, 5.74) is 1.28. The molecule has 1 aromatic carbocycles. The molecule has 1 fully saturated rings. The summed E-state index contributed by atoms with van der Waals surface area (Å²) in [6.07, 6.45) is 2.18. The molecule has 1 heterocycles. The van der Waals surface area contributed by atoms with Crippen LogP contribution < -0.4 is 5.32 Å². The number of carbonyl (C=O) groups excluding carboxylic acids is 2. The zero-order valence-electron chi connectivity index (χ0n) is 12.2. The summed E-state index contributed by atoms with van der Waals surface area (Å²) in [7, 11) is 0. The van der Waals surface area contributed by atoms with E-state index in [1.807, 2.05) is 0 Å². The molecule has 0 saturated heterocycles. The van der Waals surface area contributed by atoms with Crippen molar-refractivity contribution in [3.05, 3.63) is 47.3 Å². The fourth-order valence-electron chi connectivity index (χ4n) is 2.06. The fourth-order valence-corrected chi connectivity index (χ4v) is 2.06. The topological polar surface area (TPSA) is 81.4 Å². The average molecular weight is 300 g/mol. The largest absolute Gasteiger partial charge is 0.462 e. The van der Waals surface area contributed by atoms with E-state index in [1.165, 1.54) is 0 Å². The molecule has 6 nitrogen and oxygen atoms in total. The lowest BCUT2D eigenvalue weighted by molar-refractivity contribution is 0.0526. The molecule has 6 heteroatoms. The third-order valence-corrected chi connectivity index (χ3v) is 3.39. The van der Waals surface area contributed by atoms with Crippen molar-refractivity contribution in [2.24, 2.45) is 0 Å². The van der Waals surface area contributed by atoms with Gasteiger partial charge in [0.1, 0.15) is 5.76 Å². The Morgan fingerprint density at radius 2 is 2.05 bits per heavy atom. The van der Waals surface area contributed by atoms with Crippen molar-refractivity contribution in [3.8, 4) is 0 Å². The minimum Gasteiger partial charge on any atom is -0.462 e. The van der Waals surface area contributed by atoms with Crippen molar-refractivity contribution >= 4 is 17.6 Å². The molecule has 1 amide bonds. The number of aromatic nitrogens is 1. The molecule has 0 unspecified atom stereocenters. The second-order valence-electron chi connectivity index (χ2n) is 5.14. The average Bonchev–Trinajstić information content (AvgIpc) is 3.25. The van der Waals surface area contributed by atoms with Crippen LogP contribution in [0.1, 0.15) is 52.3 Å². The highest BCUT2D eigenvalue weighted by atomic mass is 16.5. The van der Waals surface area contributed by atoms with E-state index >= 15 is 0 Å². The number of ether oxygens (including phenoxy) is 1. The van der Waals surface area contributed by atoms with Crippen molar-refractivity contribution < 1.29 is 18.8 Å². The molecule has 2 aromatic rings. The van der Waals surface area contributed by atoms with E-state index in [2.05, 4.69) is 10.5 Å². The molecule has 1 aliphatic carbocycles. The first-order chi connectivity index (χ1) is 10.7.